The van der Waals surface area contributed by atoms with Gasteiger partial charge in [0.15, 0.2) is 11.6 Å². The van der Waals surface area contributed by atoms with Gasteiger partial charge in [-0.1, -0.05) is 6.07 Å². The summed E-state index contributed by atoms with van der Waals surface area (Å²) in [6, 6.07) is 6.54. The minimum Gasteiger partial charge on any atom is -0.492 e. The van der Waals surface area contributed by atoms with Crippen LogP contribution in [0.3, 0.4) is 0 Å². The lowest BCUT2D eigenvalue weighted by Gasteiger charge is -2.09. The van der Waals surface area contributed by atoms with Crippen molar-refractivity contribution in [3.63, 3.8) is 0 Å². The van der Waals surface area contributed by atoms with Gasteiger partial charge in [-0.05, 0) is 23.8 Å². The Hall–Kier alpha value is -2.70. The Balaban J connectivity index is 1.63. The number of aromatic nitrogens is 1. The lowest BCUT2D eigenvalue weighted by atomic mass is 10.3. The molecular weight excluding hydrogens is 292 g/mol. The number of rotatable bonds is 6. The summed E-state index contributed by atoms with van der Waals surface area (Å²) in [6.07, 6.45) is 3.31. The molecule has 0 aliphatic heterocycles. The fourth-order valence-corrected chi connectivity index (χ4v) is 1.65. The smallest absolute Gasteiger partial charge is 0.315 e. The van der Waals surface area contributed by atoms with Gasteiger partial charge in [-0.2, -0.15) is 0 Å². The van der Waals surface area contributed by atoms with Gasteiger partial charge in [0, 0.05) is 25.0 Å². The standard InChI is InChI=1S/C15H15F2N3O2/c16-13-4-3-12(8-14(13)17)22-7-6-19-15(21)20-10-11-2-1-5-18-9-11/h1-5,8-9H,6-7,10H2,(H2,19,20,21). The number of hydrogen-bond donors (Lipinski definition) is 2. The van der Waals surface area contributed by atoms with E-state index in [4.69, 9.17) is 4.74 Å². The number of hydrogen-bond acceptors (Lipinski definition) is 3. The van der Waals surface area contributed by atoms with Gasteiger partial charge in [-0.25, -0.2) is 13.6 Å². The van der Waals surface area contributed by atoms with E-state index in [0.29, 0.717) is 6.54 Å². The van der Waals surface area contributed by atoms with Crippen LogP contribution in [0, 0.1) is 11.6 Å². The highest BCUT2D eigenvalue weighted by molar-refractivity contribution is 5.73. The quantitative estimate of drug-likeness (QED) is 0.805. The number of carbonyl (C=O) groups excluding carboxylic acids is 1. The molecule has 0 aliphatic carbocycles. The zero-order valence-electron chi connectivity index (χ0n) is 11.7. The third-order valence-corrected chi connectivity index (χ3v) is 2.72. The number of pyridine rings is 1. The van der Waals surface area contributed by atoms with E-state index in [2.05, 4.69) is 15.6 Å². The van der Waals surface area contributed by atoms with Crippen LogP contribution in [0.2, 0.25) is 0 Å². The average molecular weight is 307 g/mol. The molecule has 0 saturated carbocycles. The Kier molecular flexibility index (Phi) is 5.65. The lowest BCUT2D eigenvalue weighted by Crippen LogP contribution is -2.37. The number of amides is 2. The van der Waals surface area contributed by atoms with Crippen molar-refractivity contribution < 1.29 is 18.3 Å². The molecule has 5 nitrogen and oxygen atoms in total. The molecule has 2 rings (SSSR count). The second-order valence-corrected chi connectivity index (χ2v) is 4.40. The van der Waals surface area contributed by atoms with Crippen LogP contribution in [-0.2, 0) is 6.54 Å². The normalized spacial score (nSPS) is 10.1. The Morgan fingerprint density at radius 2 is 2.05 bits per heavy atom. The minimum absolute atomic E-state index is 0.144. The number of nitrogens with zero attached hydrogens (tertiary/aromatic N) is 1. The molecule has 1 heterocycles. The first kappa shape index (κ1) is 15.7. The highest BCUT2D eigenvalue weighted by Gasteiger charge is 2.04. The van der Waals surface area contributed by atoms with Crippen molar-refractivity contribution in [3.05, 3.63) is 59.9 Å². The first-order chi connectivity index (χ1) is 10.6. The topological polar surface area (TPSA) is 63.2 Å². The van der Waals surface area contributed by atoms with Crippen LogP contribution in [0.4, 0.5) is 13.6 Å². The van der Waals surface area contributed by atoms with Crippen molar-refractivity contribution in [2.75, 3.05) is 13.2 Å². The molecule has 2 aromatic rings. The van der Waals surface area contributed by atoms with E-state index in [9.17, 15) is 13.6 Å². The van der Waals surface area contributed by atoms with Gasteiger partial charge in [-0.3, -0.25) is 4.98 Å². The second kappa shape index (κ2) is 7.92. The van der Waals surface area contributed by atoms with Crippen LogP contribution in [0.25, 0.3) is 0 Å². The molecule has 22 heavy (non-hydrogen) atoms. The minimum atomic E-state index is -0.973. The van der Waals surface area contributed by atoms with Crippen LogP contribution in [0.5, 0.6) is 5.75 Å². The highest BCUT2D eigenvalue weighted by Crippen LogP contribution is 2.14. The van der Waals surface area contributed by atoms with Gasteiger partial charge < -0.3 is 15.4 Å². The number of nitrogens with one attached hydrogen (secondary N) is 2. The largest absolute Gasteiger partial charge is 0.492 e. The van der Waals surface area contributed by atoms with Gasteiger partial charge in [0.05, 0.1) is 6.54 Å². The molecule has 0 atom stereocenters. The van der Waals surface area contributed by atoms with Crippen molar-refractivity contribution >= 4 is 6.03 Å². The highest BCUT2D eigenvalue weighted by atomic mass is 19.2. The predicted octanol–water partition coefficient (Wildman–Crippen LogP) is 2.24. The summed E-state index contributed by atoms with van der Waals surface area (Å²) >= 11 is 0. The maximum Gasteiger partial charge on any atom is 0.315 e. The summed E-state index contributed by atoms with van der Waals surface area (Å²) in [4.78, 5) is 15.5. The fraction of sp³-hybridized carbons (Fsp3) is 0.200. The van der Waals surface area contributed by atoms with Gasteiger partial charge in [0.2, 0.25) is 0 Å². The van der Waals surface area contributed by atoms with E-state index >= 15 is 0 Å². The molecule has 0 bridgehead atoms. The summed E-state index contributed by atoms with van der Waals surface area (Å²) in [5, 5.41) is 5.24. The van der Waals surface area contributed by atoms with Gasteiger partial charge in [0.25, 0.3) is 0 Å². The maximum atomic E-state index is 12.9. The molecule has 0 saturated heterocycles. The molecule has 0 aliphatic rings. The third kappa shape index (κ3) is 5.01. The van der Waals surface area contributed by atoms with Crippen molar-refractivity contribution in [2.24, 2.45) is 0 Å². The van der Waals surface area contributed by atoms with Crippen LogP contribution < -0.4 is 15.4 Å². The molecule has 2 N–H and O–H groups in total. The van der Waals surface area contributed by atoms with Crippen molar-refractivity contribution in [2.45, 2.75) is 6.54 Å². The first-order valence-corrected chi connectivity index (χ1v) is 6.63. The van der Waals surface area contributed by atoms with E-state index in [0.717, 1.165) is 17.7 Å². The van der Waals surface area contributed by atoms with E-state index in [1.165, 1.54) is 6.07 Å². The zero-order chi connectivity index (χ0) is 15.8. The van der Waals surface area contributed by atoms with E-state index < -0.39 is 11.6 Å². The molecule has 0 fully saturated rings. The number of ether oxygens (including phenoxy) is 1. The average Bonchev–Trinajstić information content (AvgIpc) is 2.54. The molecule has 7 heteroatoms. The summed E-state index contributed by atoms with van der Waals surface area (Å²) in [7, 11) is 0. The van der Waals surface area contributed by atoms with Crippen LogP contribution >= 0.6 is 0 Å². The number of carbonyl (C=O) groups is 1. The number of halogens is 2. The summed E-state index contributed by atoms with van der Waals surface area (Å²) in [6.45, 7) is 0.743. The molecule has 1 aromatic heterocycles. The Bertz CT molecular complexity index is 623. The third-order valence-electron chi connectivity index (χ3n) is 2.72. The van der Waals surface area contributed by atoms with Crippen molar-refractivity contribution in [1.82, 2.24) is 15.6 Å². The van der Waals surface area contributed by atoms with E-state index in [1.807, 2.05) is 6.07 Å². The Morgan fingerprint density at radius 3 is 2.77 bits per heavy atom. The van der Waals surface area contributed by atoms with Crippen molar-refractivity contribution in [3.8, 4) is 5.75 Å². The van der Waals surface area contributed by atoms with Crippen LogP contribution in [0.15, 0.2) is 42.7 Å². The Labute approximate surface area is 126 Å². The maximum absolute atomic E-state index is 12.9. The van der Waals surface area contributed by atoms with E-state index in [-0.39, 0.29) is 24.9 Å². The first-order valence-electron chi connectivity index (χ1n) is 6.63. The molecule has 0 unspecified atom stereocenters. The van der Waals surface area contributed by atoms with Gasteiger partial charge in [-0.15, -0.1) is 0 Å². The zero-order valence-corrected chi connectivity index (χ0v) is 11.7. The summed E-state index contributed by atoms with van der Waals surface area (Å²) in [5.41, 5.74) is 0.885. The van der Waals surface area contributed by atoms with Crippen LogP contribution in [0.1, 0.15) is 5.56 Å². The predicted molar refractivity (Wildman–Crippen MR) is 76.3 cm³/mol. The number of urea groups is 1. The van der Waals surface area contributed by atoms with Crippen LogP contribution in [-0.4, -0.2) is 24.2 Å². The van der Waals surface area contributed by atoms with Gasteiger partial charge >= 0.3 is 6.03 Å². The van der Waals surface area contributed by atoms with Crippen molar-refractivity contribution in [1.29, 1.82) is 0 Å². The molecule has 0 spiro atoms. The SMILES string of the molecule is O=C(NCCOc1ccc(F)c(F)c1)NCc1cccnc1. The lowest BCUT2D eigenvalue weighted by molar-refractivity contribution is 0.236. The monoisotopic (exact) mass is 307 g/mol. The second-order valence-electron chi connectivity index (χ2n) is 4.40. The summed E-state index contributed by atoms with van der Waals surface area (Å²) in [5.74, 6) is -1.70. The summed E-state index contributed by atoms with van der Waals surface area (Å²) < 4.78 is 30.9. The molecule has 1 aromatic carbocycles. The number of benzene rings is 1. The molecule has 2 amide bonds. The fourth-order valence-electron chi connectivity index (χ4n) is 1.65. The molecule has 116 valence electrons. The Morgan fingerprint density at radius 1 is 1.18 bits per heavy atom. The van der Waals surface area contributed by atoms with E-state index in [1.54, 1.807) is 18.5 Å². The molecule has 0 radical (unpaired) electrons. The van der Waals surface area contributed by atoms with Gasteiger partial charge in [0.1, 0.15) is 12.4 Å². The molecular formula is C15H15F2N3O2.